The average Bonchev–Trinajstić information content (AvgIpc) is 2.55. The first kappa shape index (κ1) is 11.8. The molecule has 0 fully saturated rings. The molecule has 1 heterocycles. The van der Waals surface area contributed by atoms with Gasteiger partial charge in [0.15, 0.2) is 0 Å². The van der Waals surface area contributed by atoms with Gasteiger partial charge in [0.25, 0.3) is 0 Å². The van der Waals surface area contributed by atoms with Crippen LogP contribution in [0.15, 0.2) is 28.9 Å². The number of hydrogen-bond donors (Lipinski definition) is 1. The molecule has 0 unspecified atom stereocenters. The summed E-state index contributed by atoms with van der Waals surface area (Å²) in [4.78, 5) is 0. The van der Waals surface area contributed by atoms with Crippen molar-refractivity contribution in [3.8, 4) is 0 Å². The van der Waals surface area contributed by atoms with E-state index >= 15 is 0 Å². The Balaban J connectivity index is 2.33. The molecule has 0 saturated carbocycles. The third kappa shape index (κ3) is 2.34. The van der Waals surface area contributed by atoms with Crippen molar-refractivity contribution in [2.45, 2.75) is 6.54 Å². The minimum absolute atomic E-state index is 0.442. The quantitative estimate of drug-likeness (QED) is 0.919. The second-order valence-electron chi connectivity index (χ2n) is 3.27. The number of nitrogen functional groups attached to an aromatic ring is 1. The molecule has 0 spiro atoms. The van der Waals surface area contributed by atoms with Crippen molar-refractivity contribution in [1.29, 1.82) is 0 Å². The maximum atomic E-state index is 6.07. The Labute approximate surface area is 111 Å². The van der Waals surface area contributed by atoms with Crippen molar-refractivity contribution in [3.05, 3.63) is 44.5 Å². The number of nitrogens with two attached hydrogens (primary N) is 1. The zero-order valence-electron chi connectivity index (χ0n) is 8.12. The molecule has 1 aromatic carbocycles. The van der Waals surface area contributed by atoms with Crippen molar-refractivity contribution >= 4 is 44.9 Å². The minimum atomic E-state index is 0.442. The molecule has 0 amide bonds. The van der Waals surface area contributed by atoms with E-state index in [0.29, 0.717) is 22.4 Å². The van der Waals surface area contributed by atoms with Gasteiger partial charge in [-0.3, -0.25) is 0 Å². The number of benzene rings is 1. The zero-order valence-corrected chi connectivity index (χ0v) is 11.2. The molecule has 0 atom stereocenters. The standard InChI is InChI=1S/C10H8BrCl2N3/c11-7-1-2-8(12)6(3-7)5-16-10(14)9(13)4-15-16/h1-4H,5,14H2. The second kappa shape index (κ2) is 4.65. The Kier molecular flexibility index (Phi) is 3.42. The lowest BCUT2D eigenvalue weighted by molar-refractivity contribution is 0.697. The zero-order chi connectivity index (χ0) is 11.7. The molecule has 3 nitrogen and oxygen atoms in total. The Morgan fingerprint density at radius 2 is 2.06 bits per heavy atom. The van der Waals surface area contributed by atoms with Crippen molar-refractivity contribution < 1.29 is 0 Å². The first-order chi connectivity index (χ1) is 7.58. The van der Waals surface area contributed by atoms with Crippen LogP contribution in [-0.2, 0) is 6.54 Å². The van der Waals surface area contributed by atoms with Crippen molar-refractivity contribution in [1.82, 2.24) is 9.78 Å². The van der Waals surface area contributed by atoms with E-state index in [9.17, 15) is 0 Å². The van der Waals surface area contributed by atoms with Crippen LogP contribution in [0.4, 0.5) is 5.82 Å². The summed E-state index contributed by atoms with van der Waals surface area (Å²) in [6.45, 7) is 0.497. The molecule has 0 aliphatic rings. The highest BCUT2D eigenvalue weighted by Crippen LogP contribution is 2.24. The van der Waals surface area contributed by atoms with Crippen LogP contribution in [0, 0.1) is 0 Å². The molecule has 16 heavy (non-hydrogen) atoms. The van der Waals surface area contributed by atoms with E-state index in [0.717, 1.165) is 10.0 Å². The van der Waals surface area contributed by atoms with Gasteiger partial charge in [-0.05, 0) is 23.8 Å². The van der Waals surface area contributed by atoms with Gasteiger partial charge in [-0.1, -0.05) is 39.1 Å². The monoisotopic (exact) mass is 319 g/mol. The number of halogens is 3. The van der Waals surface area contributed by atoms with E-state index in [1.807, 2.05) is 18.2 Å². The van der Waals surface area contributed by atoms with Gasteiger partial charge in [0.05, 0.1) is 12.7 Å². The van der Waals surface area contributed by atoms with E-state index in [1.165, 1.54) is 6.20 Å². The maximum Gasteiger partial charge on any atom is 0.140 e. The van der Waals surface area contributed by atoms with E-state index in [2.05, 4.69) is 21.0 Å². The lowest BCUT2D eigenvalue weighted by atomic mass is 10.2. The van der Waals surface area contributed by atoms with Gasteiger partial charge >= 0.3 is 0 Å². The van der Waals surface area contributed by atoms with E-state index in [4.69, 9.17) is 28.9 Å². The highest BCUT2D eigenvalue weighted by Gasteiger charge is 2.08. The van der Waals surface area contributed by atoms with Crippen LogP contribution >= 0.6 is 39.1 Å². The molecule has 84 valence electrons. The number of anilines is 1. The molecule has 2 aromatic rings. The summed E-state index contributed by atoms with van der Waals surface area (Å²) in [6, 6.07) is 5.63. The van der Waals surface area contributed by atoms with Crippen LogP contribution in [0.5, 0.6) is 0 Å². The summed E-state index contributed by atoms with van der Waals surface area (Å²) in [5.74, 6) is 0.442. The molecule has 0 aliphatic carbocycles. The van der Waals surface area contributed by atoms with Crippen LogP contribution in [0.2, 0.25) is 10.0 Å². The first-order valence-electron chi connectivity index (χ1n) is 4.48. The van der Waals surface area contributed by atoms with Gasteiger partial charge < -0.3 is 5.73 Å². The second-order valence-corrected chi connectivity index (χ2v) is 5.00. The van der Waals surface area contributed by atoms with E-state index < -0.39 is 0 Å². The predicted molar refractivity (Wildman–Crippen MR) is 69.9 cm³/mol. The number of aromatic nitrogens is 2. The third-order valence-corrected chi connectivity index (χ3v) is 3.31. The summed E-state index contributed by atoms with van der Waals surface area (Å²) >= 11 is 15.3. The summed E-state index contributed by atoms with van der Waals surface area (Å²) < 4.78 is 2.57. The smallest absolute Gasteiger partial charge is 0.140 e. The molecule has 0 radical (unpaired) electrons. The van der Waals surface area contributed by atoms with Gasteiger partial charge in [0, 0.05) is 9.50 Å². The highest BCUT2D eigenvalue weighted by atomic mass is 79.9. The molecule has 0 saturated heterocycles. The predicted octanol–water partition coefficient (Wildman–Crippen LogP) is 3.58. The summed E-state index contributed by atoms with van der Waals surface area (Å²) in [6.07, 6.45) is 1.52. The van der Waals surface area contributed by atoms with Gasteiger partial charge in [-0.25, -0.2) is 4.68 Å². The third-order valence-electron chi connectivity index (χ3n) is 2.16. The molecule has 6 heteroatoms. The molecular weight excluding hydrogens is 313 g/mol. The molecule has 1 aromatic heterocycles. The number of hydrogen-bond acceptors (Lipinski definition) is 2. The number of nitrogens with zero attached hydrogens (tertiary/aromatic N) is 2. The van der Waals surface area contributed by atoms with Crippen molar-refractivity contribution in [2.24, 2.45) is 0 Å². The van der Waals surface area contributed by atoms with Crippen molar-refractivity contribution in [3.63, 3.8) is 0 Å². The number of rotatable bonds is 2. The Morgan fingerprint density at radius 1 is 1.31 bits per heavy atom. The molecule has 0 aliphatic heterocycles. The lowest BCUT2D eigenvalue weighted by Gasteiger charge is -2.07. The van der Waals surface area contributed by atoms with Gasteiger partial charge in [-0.15, -0.1) is 0 Å². The topological polar surface area (TPSA) is 43.8 Å². The SMILES string of the molecule is Nc1c(Cl)cnn1Cc1cc(Br)ccc1Cl. The minimum Gasteiger partial charge on any atom is -0.383 e. The fraction of sp³-hybridized carbons (Fsp3) is 0.100. The lowest BCUT2D eigenvalue weighted by Crippen LogP contribution is -2.06. The molecule has 2 N–H and O–H groups in total. The van der Waals surface area contributed by atoms with E-state index in [-0.39, 0.29) is 0 Å². The highest BCUT2D eigenvalue weighted by molar-refractivity contribution is 9.10. The molecular formula is C10H8BrCl2N3. The van der Waals surface area contributed by atoms with E-state index in [1.54, 1.807) is 4.68 Å². The average molecular weight is 321 g/mol. The largest absolute Gasteiger partial charge is 0.383 e. The van der Waals surface area contributed by atoms with Gasteiger partial charge in [-0.2, -0.15) is 5.10 Å². The Hall–Kier alpha value is -0.710. The summed E-state index contributed by atoms with van der Waals surface area (Å²) in [5.41, 5.74) is 6.69. The molecule has 0 bridgehead atoms. The maximum absolute atomic E-state index is 6.07. The summed E-state index contributed by atoms with van der Waals surface area (Å²) in [5, 5.41) is 5.19. The van der Waals surface area contributed by atoms with Crippen LogP contribution in [0.25, 0.3) is 0 Å². The van der Waals surface area contributed by atoms with Crippen LogP contribution < -0.4 is 5.73 Å². The van der Waals surface area contributed by atoms with Crippen LogP contribution in [0.1, 0.15) is 5.56 Å². The normalized spacial score (nSPS) is 10.7. The Morgan fingerprint density at radius 3 is 2.69 bits per heavy atom. The van der Waals surface area contributed by atoms with Crippen molar-refractivity contribution in [2.75, 3.05) is 5.73 Å². The summed E-state index contributed by atoms with van der Waals surface area (Å²) in [7, 11) is 0. The van der Waals surface area contributed by atoms with Crippen LogP contribution in [-0.4, -0.2) is 9.78 Å². The fourth-order valence-corrected chi connectivity index (χ4v) is 2.05. The van der Waals surface area contributed by atoms with Gasteiger partial charge in [0.1, 0.15) is 10.8 Å². The Bertz CT molecular complexity index is 525. The first-order valence-corrected chi connectivity index (χ1v) is 6.03. The fourth-order valence-electron chi connectivity index (χ4n) is 1.32. The molecule has 2 rings (SSSR count). The van der Waals surface area contributed by atoms with Gasteiger partial charge in [0.2, 0.25) is 0 Å². The van der Waals surface area contributed by atoms with Crippen LogP contribution in [0.3, 0.4) is 0 Å².